The predicted molar refractivity (Wildman–Crippen MR) is 68.5 cm³/mol. The van der Waals surface area contributed by atoms with Crippen molar-refractivity contribution in [1.82, 2.24) is 5.32 Å². The Balaban J connectivity index is 2.12. The van der Waals surface area contributed by atoms with Gasteiger partial charge in [-0.05, 0) is 25.0 Å². The van der Waals surface area contributed by atoms with E-state index in [2.05, 4.69) is 5.32 Å². The van der Waals surface area contributed by atoms with Crippen LogP contribution in [0, 0.1) is 5.92 Å². The molecule has 1 aliphatic carbocycles. The summed E-state index contributed by atoms with van der Waals surface area (Å²) in [5.41, 5.74) is -1.42. The molecule has 1 amide bonds. The zero-order valence-corrected chi connectivity index (χ0v) is 11.1. The van der Waals surface area contributed by atoms with E-state index in [9.17, 15) is 23.1 Å². The number of rotatable bonds is 3. The summed E-state index contributed by atoms with van der Waals surface area (Å²) in [5.74, 6) is -1.17. The first-order chi connectivity index (χ1) is 9.82. The Labute approximate surface area is 119 Å². The molecule has 1 aliphatic rings. The van der Waals surface area contributed by atoms with Gasteiger partial charge in [-0.15, -0.1) is 0 Å². The number of aliphatic hydroxyl groups is 2. The van der Waals surface area contributed by atoms with E-state index in [1.165, 1.54) is 12.1 Å². The monoisotopic (exact) mass is 303 g/mol. The maximum Gasteiger partial charge on any atom is 0.417 e. The lowest BCUT2D eigenvalue weighted by Crippen LogP contribution is -2.34. The fourth-order valence-corrected chi connectivity index (χ4v) is 2.61. The fraction of sp³-hybridized carbons (Fsp3) is 0.500. The van der Waals surface area contributed by atoms with Gasteiger partial charge in [-0.1, -0.05) is 12.1 Å². The highest BCUT2D eigenvalue weighted by Gasteiger charge is 2.37. The summed E-state index contributed by atoms with van der Waals surface area (Å²) in [4.78, 5) is 12.0. The molecule has 0 spiro atoms. The normalized spacial score (nSPS) is 25.9. The molecular weight excluding hydrogens is 287 g/mol. The highest BCUT2D eigenvalue weighted by Crippen LogP contribution is 2.32. The van der Waals surface area contributed by atoms with Gasteiger partial charge in [-0.25, -0.2) is 0 Å². The number of carbonyl (C=O) groups excluding carboxylic acids is 1. The van der Waals surface area contributed by atoms with Crippen LogP contribution < -0.4 is 5.32 Å². The molecule has 3 atom stereocenters. The second-order valence-corrected chi connectivity index (χ2v) is 5.20. The van der Waals surface area contributed by atoms with Crippen LogP contribution in [0.1, 0.15) is 28.8 Å². The topological polar surface area (TPSA) is 69.6 Å². The van der Waals surface area contributed by atoms with Crippen molar-refractivity contribution in [3.05, 3.63) is 35.4 Å². The summed E-state index contributed by atoms with van der Waals surface area (Å²) >= 11 is 0. The highest BCUT2D eigenvalue weighted by molar-refractivity contribution is 5.96. The largest absolute Gasteiger partial charge is 0.417 e. The highest BCUT2D eigenvalue weighted by atomic mass is 19.4. The zero-order valence-electron chi connectivity index (χ0n) is 11.1. The van der Waals surface area contributed by atoms with Crippen LogP contribution in [-0.4, -0.2) is 34.9 Å². The molecule has 4 nitrogen and oxygen atoms in total. The Morgan fingerprint density at radius 3 is 2.52 bits per heavy atom. The van der Waals surface area contributed by atoms with Crippen LogP contribution in [0.25, 0.3) is 0 Å². The smallest absolute Gasteiger partial charge is 0.396 e. The van der Waals surface area contributed by atoms with Crippen LogP contribution in [0.3, 0.4) is 0 Å². The number of carbonyl (C=O) groups is 1. The van der Waals surface area contributed by atoms with E-state index in [4.69, 9.17) is 5.11 Å². The molecule has 7 heteroatoms. The number of halogens is 3. The SMILES string of the molecule is O=C(N[C@@H]1C[C@@H](CO)[C@H](O)C1)c1ccccc1C(F)(F)F. The van der Waals surface area contributed by atoms with Gasteiger partial charge in [0.25, 0.3) is 5.91 Å². The van der Waals surface area contributed by atoms with Gasteiger partial charge in [0.2, 0.25) is 0 Å². The summed E-state index contributed by atoms with van der Waals surface area (Å²) in [7, 11) is 0. The number of hydrogen-bond acceptors (Lipinski definition) is 3. The van der Waals surface area contributed by atoms with Crippen LogP contribution in [0.4, 0.5) is 13.2 Å². The minimum Gasteiger partial charge on any atom is -0.396 e. The van der Waals surface area contributed by atoms with E-state index in [0.717, 1.165) is 12.1 Å². The minimum absolute atomic E-state index is 0.216. The maximum atomic E-state index is 12.8. The molecule has 1 saturated carbocycles. The standard InChI is InChI=1S/C14H16F3NO3/c15-14(16,17)11-4-2-1-3-10(11)13(21)18-9-5-8(7-19)12(20)6-9/h1-4,8-9,12,19-20H,5-7H2,(H,18,21)/t8-,9+,12+/m0/s1. The van der Waals surface area contributed by atoms with Gasteiger partial charge < -0.3 is 15.5 Å². The van der Waals surface area contributed by atoms with Crippen LogP contribution in [-0.2, 0) is 6.18 Å². The molecule has 3 N–H and O–H groups in total. The summed E-state index contributed by atoms with van der Waals surface area (Å²) < 4.78 is 38.5. The molecule has 116 valence electrons. The number of aliphatic hydroxyl groups excluding tert-OH is 2. The number of alkyl halides is 3. The Morgan fingerprint density at radius 2 is 1.95 bits per heavy atom. The van der Waals surface area contributed by atoms with E-state index >= 15 is 0 Å². The van der Waals surface area contributed by atoms with Gasteiger partial charge in [-0.2, -0.15) is 13.2 Å². The summed E-state index contributed by atoms with van der Waals surface area (Å²) in [5, 5.41) is 21.2. The molecule has 0 heterocycles. The van der Waals surface area contributed by atoms with Crippen molar-refractivity contribution >= 4 is 5.91 Å². The van der Waals surface area contributed by atoms with Crippen LogP contribution in [0.2, 0.25) is 0 Å². The Kier molecular flexibility index (Phi) is 4.53. The molecule has 0 radical (unpaired) electrons. The van der Waals surface area contributed by atoms with E-state index < -0.39 is 35.4 Å². The van der Waals surface area contributed by atoms with E-state index in [-0.39, 0.29) is 18.9 Å². The lowest BCUT2D eigenvalue weighted by atomic mass is 10.1. The Bertz CT molecular complexity index is 518. The average Bonchev–Trinajstić information content (AvgIpc) is 2.77. The van der Waals surface area contributed by atoms with Gasteiger partial charge in [0.05, 0.1) is 17.2 Å². The summed E-state index contributed by atoms with van der Waals surface area (Å²) in [6, 6.07) is 4.12. The average molecular weight is 303 g/mol. The van der Waals surface area contributed by atoms with Crippen molar-refractivity contribution in [2.24, 2.45) is 5.92 Å². The van der Waals surface area contributed by atoms with E-state index in [0.29, 0.717) is 6.42 Å². The number of hydrogen-bond donors (Lipinski definition) is 3. The predicted octanol–water partition coefficient (Wildman–Crippen LogP) is 1.57. The van der Waals surface area contributed by atoms with E-state index in [1.807, 2.05) is 0 Å². The number of amides is 1. The second-order valence-electron chi connectivity index (χ2n) is 5.20. The molecule has 1 fully saturated rings. The molecule has 0 aliphatic heterocycles. The maximum absolute atomic E-state index is 12.8. The van der Waals surface area contributed by atoms with Gasteiger partial charge in [0, 0.05) is 18.6 Å². The molecule has 2 rings (SSSR count). The van der Waals surface area contributed by atoms with Crippen LogP contribution in [0.15, 0.2) is 24.3 Å². The third-order valence-corrected chi connectivity index (χ3v) is 3.70. The van der Waals surface area contributed by atoms with Crippen molar-refractivity contribution in [3.8, 4) is 0 Å². The fourth-order valence-electron chi connectivity index (χ4n) is 2.61. The third-order valence-electron chi connectivity index (χ3n) is 3.70. The quantitative estimate of drug-likeness (QED) is 0.794. The van der Waals surface area contributed by atoms with Crippen molar-refractivity contribution in [2.45, 2.75) is 31.2 Å². The lowest BCUT2D eigenvalue weighted by Gasteiger charge is -2.16. The third kappa shape index (κ3) is 3.54. The Morgan fingerprint density at radius 1 is 1.29 bits per heavy atom. The summed E-state index contributed by atoms with van der Waals surface area (Å²) in [6.45, 7) is -0.216. The van der Waals surface area contributed by atoms with Crippen LogP contribution in [0.5, 0.6) is 0 Å². The number of benzene rings is 1. The lowest BCUT2D eigenvalue weighted by molar-refractivity contribution is -0.137. The van der Waals surface area contributed by atoms with Gasteiger partial charge in [-0.3, -0.25) is 4.79 Å². The zero-order chi connectivity index (χ0) is 15.6. The molecule has 1 aromatic rings. The van der Waals surface area contributed by atoms with E-state index in [1.54, 1.807) is 0 Å². The molecule has 1 aromatic carbocycles. The second kappa shape index (κ2) is 6.03. The molecule has 0 bridgehead atoms. The molecule has 0 aromatic heterocycles. The van der Waals surface area contributed by atoms with Gasteiger partial charge in [0.1, 0.15) is 0 Å². The molecule has 0 saturated heterocycles. The van der Waals surface area contributed by atoms with Crippen molar-refractivity contribution in [2.75, 3.05) is 6.61 Å². The van der Waals surface area contributed by atoms with Gasteiger partial charge in [0.15, 0.2) is 0 Å². The molecule has 0 unspecified atom stereocenters. The minimum atomic E-state index is -4.60. The Hall–Kier alpha value is -1.60. The molecule has 21 heavy (non-hydrogen) atoms. The first-order valence-corrected chi connectivity index (χ1v) is 6.59. The number of nitrogens with one attached hydrogen (secondary N) is 1. The summed E-state index contributed by atoms with van der Waals surface area (Å²) in [6.07, 6.45) is -4.78. The van der Waals surface area contributed by atoms with Crippen LogP contribution >= 0.6 is 0 Å². The van der Waals surface area contributed by atoms with Crippen molar-refractivity contribution in [3.63, 3.8) is 0 Å². The van der Waals surface area contributed by atoms with Gasteiger partial charge >= 0.3 is 6.18 Å². The first-order valence-electron chi connectivity index (χ1n) is 6.59. The van der Waals surface area contributed by atoms with Crippen molar-refractivity contribution in [1.29, 1.82) is 0 Å². The first kappa shape index (κ1) is 15.8. The molecular formula is C14H16F3NO3. The van der Waals surface area contributed by atoms with Crippen molar-refractivity contribution < 1.29 is 28.2 Å².